The standard InChI is InChI=1S/C16H21F3O2/c1-11(2)21-14-5-3-12(4-6-14)15(20)9-7-13(8-10-15)16(17,18)19/h3-6,11,13,20H,7-10H2,1-2H3. The molecule has 0 aliphatic heterocycles. The molecule has 1 fully saturated rings. The van der Waals surface area contributed by atoms with Gasteiger partial charge in [-0.3, -0.25) is 0 Å². The fourth-order valence-electron chi connectivity index (χ4n) is 2.83. The van der Waals surface area contributed by atoms with Crippen molar-refractivity contribution in [2.75, 3.05) is 0 Å². The number of aliphatic hydroxyl groups is 1. The van der Waals surface area contributed by atoms with Crippen molar-refractivity contribution in [3.63, 3.8) is 0 Å². The van der Waals surface area contributed by atoms with Gasteiger partial charge < -0.3 is 9.84 Å². The highest BCUT2D eigenvalue weighted by Gasteiger charge is 2.45. The molecule has 1 aliphatic rings. The second kappa shape index (κ2) is 5.87. The predicted molar refractivity (Wildman–Crippen MR) is 74.1 cm³/mol. The van der Waals surface area contributed by atoms with Crippen LogP contribution in [0.4, 0.5) is 13.2 Å². The van der Waals surface area contributed by atoms with Crippen LogP contribution < -0.4 is 4.74 Å². The zero-order chi connectivity index (χ0) is 15.7. The Hall–Kier alpha value is -1.23. The van der Waals surface area contributed by atoms with Crippen molar-refractivity contribution in [3.05, 3.63) is 29.8 Å². The van der Waals surface area contributed by atoms with Crippen LogP contribution in [0.5, 0.6) is 5.75 Å². The van der Waals surface area contributed by atoms with E-state index in [4.69, 9.17) is 4.74 Å². The van der Waals surface area contributed by atoms with Gasteiger partial charge in [0.25, 0.3) is 0 Å². The average Bonchev–Trinajstić information content (AvgIpc) is 2.38. The number of hydrogen-bond acceptors (Lipinski definition) is 2. The molecule has 5 heteroatoms. The maximum Gasteiger partial charge on any atom is 0.391 e. The van der Waals surface area contributed by atoms with E-state index in [-0.39, 0.29) is 31.8 Å². The van der Waals surface area contributed by atoms with Crippen molar-refractivity contribution >= 4 is 0 Å². The van der Waals surface area contributed by atoms with E-state index in [0.29, 0.717) is 11.3 Å². The van der Waals surface area contributed by atoms with Crippen LogP contribution in [0.15, 0.2) is 24.3 Å². The molecule has 0 bridgehead atoms. The summed E-state index contributed by atoms with van der Waals surface area (Å²) >= 11 is 0. The van der Waals surface area contributed by atoms with Gasteiger partial charge in [-0.05, 0) is 57.2 Å². The number of hydrogen-bond donors (Lipinski definition) is 1. The van der Waals surface area contributed by atoms with Crippen LogP contribution in [0.25, 0.3) is 0 Å². The highest BCUT2D eigenvalue weighted by Crippen LogP contribution is 2.45. The van der Waals surface area contributed by atoms with E-state index in [2.05, 4.69) is 0 Å². The van der Waals surface area contributed by atoms with Crippen LogP contribution >= 0.6 is 0 Å². The van der Waals surface area contributed by atoms with Gasteiger partial charge in [-0.25, -0.2) is 0 Å². The number of alkyl halides is 3. The molecule has 1 aromatic carbocycles. The molecule has 0 saturated heterocycles. The maximum atomic E-state index is 12.7. The summed E-state index contributed by atoms with van der Waals surface area (Å²) in [6.45, 7) is 3.83. The summed E-state index contributed by atoms with van der Waals surface area (Å²) in [5, 5.41) is 10.6. The van der Waals surface area contributed by atoms with Gasteiger partial charge in [-0.2, -0.15) is 13.2 Å². The Balaban J connectivity index is 2.05. The van der Waals surface area contributed by atoms with Crippen LogP contribution in [0.1, 0.15) is 45.1 Å². The van der Waals surface area contributed by atoms with Crippen LogP contribution in [0, 0.1) is 5.92 Å². The average molecular weight is 302 g/mol. The molecule has 0 radical (unpaired) electrons. The first-order valence-corrected chi connectivity index (χ1v) is 7.27. The summed E-state index contributed by atoms with van der Waals surface area (Å²) in [6, 6.07) is 6.99. The minimum absolute atomic E-state index is 0.0236. The molecule has 2 rings (SSSR count). The molecule has 118 valence electrons. The van der Waals surface area contributed by atoms with Gasteiger partial charge in [0.2, 0.25) is 0 Å². The largest absolute Gasteiger partial charge is 0.491 e. The zero-order valence-electron chi connectivity index (χ0n) is 12.3. The quantitative estimate of drug-likeness (QED) is 0.896. The maximum absolute atomic E-state index is 12.7. The molecule has 21 heavy (non-hydrogen) atoms. The van der Waals surface area contributed by atoms with Gasteiger partial charge in [-0.1, -0.05) is 12.1 Å². The molecule has 2 nitrogen and oxygen atoms in total. The van der Waals surface area contributed by atoms with Crippen LogP contribution in [-0.2, 0) is 5.60 Å². The molecule has 1 aliphatic carbocycles. The monoisotopic (exact) mass is 302 g/mol. The second-order valence-electron chi connectivity index (χ2n) is 6.04. The smallest absolute Gasteiger partial charge is 0.391 e. The van der Waals surface area contributed by atoms with Crippen molar-refractivity contribution in [1.29, 1.82) is 0 Å². The van der Waals surface area contributed by atoms with Crippen LogP contribution in [0.2, 0.25) is 0 Å². The topological polar surface area (TPSA) is 29.5 Å². The summed E-state index contributed by atoms with van der Waals surface area (Å²) in [5.41, 5.74) is -0.489. The molecule has 1 saturated carbocycles. The lowest BCUT2D eigenvalue weighted by Crippen LogP contribution is -2.36. The molecule has 0 aromatic heterocycles. The van der Waals surface area contributed by atoms with Gasteiger partial charge in [0, 0.05) is 0 Å². The van der Waals surface area contributed by atoms with E-state index in [1.807, 2.05) is 13.8 Å². The van der Waals surface area contributed by atoms with Crippen LogP contribution in [-0.4, -0.2) is 17.4 Å². The van der Waals surface area contributed by atoms with E-state index in [0.717, 1.165) is 0 Å². The molecule has 0 amide bonds. The van der Waals surface area contributed by atoms with Crippen molar-refractivity contribution in [2.24, 2.45) is 5.92 Å². The first-order chi connectivity index (χ1) is 9.71. The number of benzene rings is 1. The third kappa shape index (κ3) is 3.90. The predicted octanol–water partition coefficient (Wildman–Crippen LogP) is 4.41. The molecule has 0 atom stereocenters. The highest BCUT2D eigenvalue weighted by molar-refractivity contribution is 5.31. The number of halogens is 3. The summed E-state index contributed by atoms with van der Waals surface area (Å²) in [4.78, 5) is 0. The van der Waals surface area contributed by atoms with Crippen LogP contribution in [0.3, 0.4) is 0 Å². The lowest BCUT2D eigenvalue weighted by Gasteiger charge is -2.37. The van der Waals surface area contributed by atoms with E-state index in [9.17, 15) is 18.3 Å². The summed E-state index contributed by atoms with van der Waals surface area (Å²) in [7, 11) is 0. The number of ether oxygens (including phenoxy) is 1. The zero-order valence-corrected chi connectivity index (χ0v) is 12.3. The Labute approximate surface area is 122 Å². The Morgan fingerprint density at radius 3 is 2.10 bits per heavy atom. The third-order valence-electron chi connectivity index (χ3n) is 4.04. The first-order valence-electron chi connectivity index (χ1n) is 7.27. The summed E-state index contributed by atoms with van der Waals surface area (Å²) in [5.74, 6) is -0.595. The molecule has 0 unspecified atom stereocenters. The Morgan fingerprint density at radius 2 is 1.67 bits per heavy atom. The van der Waals surface area contributed by atoms with Gasteiger partial charge in [0.1, 0.15) is 5.75 Å². The lowest BCUT2D eigenvalue weighted by molar-refractivity contribution is -0.193. The van der Waals surface area contributed by atoms with Gasteiger partial charge >= 0.3 is 6.18 Å². The first kappa shape index (κ1) is 16.1. The van der Waals surface area contributed by atoms with Crippen molar-refractivity contribution < 1.29 is 23.0 Å². The van der Waals surface area contributed by atoms with Crippen molar-refractivity contribution in [3.8, 4) is 5.75 Å². The second-order valence-corrected chi connectivity index (χ2v) is 6.04. The third-order valence-corrected chi connectivity index (χ3v) is 4.04. The summed E-state index contributed by atoms with van der Waals surface area (Å²) in [6.07, 6.45) is -3.87. The Morgan fingerprint density at radius 1 is 1.14 bits per heavy atom. The van der Waals surface area contributed by atoms with E-state index >= 15 is 0 Å². The van der Waals surface area contributed by atoms with Gasteiger partial charge in [0.15, 0.2) is 0 Å². The molecule has 0 heterocycles. The fourth-order valence-corrected chi connectivity index (χ4v) is 2.83. The molecule has 1 N–H and O–H groups in total. The molecular formula is C16H21F3O2. The number of rotatable bonds is 3. The Bertz CT molecular complexity index is 457. The molecule has 0 spiro atoms. The van der Waals surface area contributed by atoms with E-state index in [1.54, 1.807) is 24.3 Å². The SMILES string of the molecule is CC(C)Oc1ccc(C2(O)CCC(C(F)(F)F)CC2)cc1. The minimum atomic E-state index is -4.16. The highest BCUT2D eigenvalue weighted by atomic mass is 19.4. The molecule has 1 aromatic rings. The van der Waals surface area contributed by atoms with E-state index in [1.165, 1.54) is 0 Å². The lowest BCUT2D eigenvalue weighted by atomic mass is 9.75. The van der Waals surface area contributed by atoms with Crippen molar-refractivity contribution in [2.45, 2.75) is 57.4 Å². The van der Waals surface area contributed by atoms with Gasteiger partial charge in [0.05, 0.1) is 17.6 Å². The normalized spacial score (nSPS) is 26.9. The van der Waals surface area contributed by atoms with E-state index < -0.39 is 17.7 Å². The van der Waals surface area contributed by atoms with Crippen molar-refractivity contribution in [1.82, 2.24) is 0 Å². The van der Waals surface area contributed by atoms with Gasteiger partial charge in [-0.15, -0.1) is 0 Å². The molecular weight excluding hydrogens is 281 g/mol. The fraction of sp³-hybridized carbons (Fsp3) is 0.625. The Kier molecular flexibility index (Phi) is 4.51. The summed E-state index contributed by atoms with van der Waals surface area (Å²) < 4.78 is 43.5. The minimum Gasteiger partial charge on any atom is -0.491 e.